The Morgan fingerprint density at radius 1 is 1.25 bits per heavy atom. The fraction of sp³-hybridized carbons (Fsp3) is 0.471. The van der Waals surface area contributed by atoms with E-state index in [0.717, 1.165) is 28.7 Å². The molecule has 0 saturated heterocycles. The molecule has 0 aliphatic heterocycles. The summed E-state index contributed by atoms with van der Waals surface area (Å²) in [6.07, 6.45) is 3.18. The Kier molecular flexibility index (Phi) is 8.04. The van der Waals surface area contributed by atoms with Gasteiger partial charge in [-0.1, -0.05) is 49.1 Å². The zero-order chi connectivity index (χ0) is 17.2. The fourth-order valence-corrected chi connectivity index (χ4v) is 3.63. The maximum Gasteiger partial charge on any atom is 0.226 e. The van der Waals surface area contributed by atoms with Gasteiger partial charge in [0.15, 0.2) is 4.34 Å². The van der Waals surface area contributed by atoms with Gasteiger partial charge >= 0.3 is 0 Å². The molecule has 0 aliphatic rings. The molecule has 0 aliphatic carbocycles. The van der Waals surface area contributed by atoms with Gasteiger partial charge in [-0.05, 0) is 37.0 Å². The molecular formula is C17H23N3O2S2. The maximum absolute atomic E-state index is 11.9. The molecule has 1 aromatic carbocycles. The van der Waals surface area contributed by atoms with E-state index in [9.17, 15) is 4.79 Å². The number of carbonyl (C=O) groups is 1. The van der Waals surface area contributed by atoms with E-state index in [2.05, 4.69) is 41.5 Å². The molecule has 130 valence electrons. The molecule has 1 aromatic heterocycles. The number of ether oxygens (including phenoxy) is 1. The van der Waals surface area contributed by atoms with Crippen LogP contribution in [0.25, 0.3) is 0 Å². The van der Waals surface area contributed by atoms with Crippen molar-refractivity contribution in [2.45, 2.75) is 43.9 Å². The van der Waals surface area contributed by atoms with Crippen LogP contribution in [0.15, 0.2) is 28.6 Å². The molecule has 1 amide bonds. The molecule has 0 unspecified atom stereocenters. The van der Waals surface area contributed by atoms with Crippen LogP contribution in [0.3, 0.4) is 0 Å². The number of rotatable bonds is 10. The molecular weight excluding hydrogens is 342 g/mol. The Hall–Kier alpha value is -1.60. The summed E-state index contributed by atoms with van der Waals surface area (Å²) in [5.41, 5.74) is 1.29. The fourth-order valence-electron chi connectivity index (χ4n) is 1.93. The third-order valence-corrected chi connectivity index (χ3v) is 5.41. The van der Waals surface area contributed by atoms with Crippen molar-refractivity contribution in [2.75, 3.05) is 17.7 Å². The predicted octanol–water partition coefficient (Wildman–Crippen LogP) is 4.40. The second-order valence-electron chi connectivity index (χ2n) is 5.22. The van der Waals surface area contributed by atoms with Gasteiger partial charge in [-0.15, -0.1) is 10.2 Å². The summed E-state index contributed by atoms with van der Waals surface area (Å²) in [5.74, 6) is 1.80. The Labute approximate surface area is 151 Å². The molecule has 5 nitrogen and oxygen atoms in total. The number of nitrogens with one attached hydrogen (secondary N) is 1. The van der Waals surface area contributed by atoms with Crippen LogP contribution in [-0.2, 0) is 11.2 Å². The van der Waals surface area contributed by atoms with Gasteiger partial charge in [-0.25, -0.2) is 0 Å². The second kappa shape index (κ2) is 10.3. The summed E-state index contributed by atoms with van der Waals surface area (Å²) in [7, 11) is 0. The highest BCUT2D eigenvalue weighted by Gasteiger charge is 2.08. The lowest BCUT2D eigenvalue weighted by Crippen LogP contribution is -2.12. The Bertz CT molecular complexity index is 629. The highest BCUT2D eigenvalue weighted by atomic mass is 32.2. The molecule has 1 N–H and O–H groups in total. The van der Waals surface area contributed by atoms with E-state index in [1.165, 1.54) is 16.9 Å². The van der Waals surface area contributed by atoms with Gasteiger partial charge in [-0.3, -0.25) is 4.79 Å². The van der Waals surface area contributed by atoms with Gasteiger partial charge in [0.2, 0.25) is 11.0 Å². The summed E-state index contributed by atoms with van der Waals surface area (Å²) in [6, 6.07) is 8.06. The first-order valence-electron chi connectivity index (χ1n) is 8.19. The van der Waals surface area contributed by atoms with Gasteiger partial charge in [0.05, 0.1) is 6.61 Å². The molecule has 0 spiro atoms. The second-order valence-corrected chi connectivity index (χ2v) is 7.54. The van der Waals surface area contributed by atoms with Gasteiger partial charge in [0.25, 0.3) is 0 Å². The summed E-state index contributed by atoms with van der Waals surface area (Å²) in [4.78, 5) is 11.9. The van der Waals surface area contributed by atoms with Gasteiger partial charge < -0.3 is 10.1 Å². The molecule has 24 heavy (non-hydrogen) atoms. The van der Waals surface area contributed by atoms with E-state index < -0.39 is 0 Å². The normalized spacial score (nSPS) is 10.6. The lowest BCUT2D eigenvalue weighted by Gasteiger charge is -2.06. The van der Waals surface area contributed by atoms with Crippen LogP contribution in [0.1, 0.15) is 38.7 Å². The van der Waals surface area contributed by atoms with Crippen molar-refractivity contribution in [1.29, 1.82) is 0 Å². The molecule has 7 heteroatoms. The minimum absolute atomic E-state index is 0.0527. The number of aryl methyl sites for hydroxylation is 1. The highest BCUT2D eigenvalue weighted by Crippen LogP contribution is 2.25. The van der Waals surface area contributed by atoms with E-state index in [0.29, 0.717) is 24.6 Å². The summed E-state index contributed by atoms with van der Waals surface area (Å²) < 4.78 is 6.54. The average Bonchev–Trinajstić information content (AvgIpc) is 3.04. The molecule has 0 bridgehead atoms. The standard InChI is InChI=1S/C17H23N3O2S2/c1-3-12-23-17-20-19-16(24-17)18-15(21)6-5-11-22-14-9-7-13(4-2)8-10-14/h7-10H,3-6,11-12H2,1-2H3,(H,18,19,21). The predicted molar refractivity (Wildman–Crippen MR) is 100 cm³/mol. The SMILES string of the molecule is CCCSc1nnc(NC(=O)CCCOc2ccc(CC)cc2)s1. The average molecular weight is 366 g/mol. The van der Waals surface area contributed by atoms with Gasteiger partial charge in [0, 0.05) is 12.2 Å². The van der Waals surface area contributed by atoms with Crippen LogP contribution in [-0.4, -0.2) is 28.5 Å². The van der Waals surface area contributed by atoms with Gasteiger partial charge in [0.1, 0.15) is 5.75 Å². The smallest absolute Gasteiger partial charge is 0.226 e. The number of carbonyl (C=O) groups excluding carboxylic acids is 1. The first-order valence-corrected chi connectivity index (χ1v) is 9.99. The first-order chi connectivity index (χ1) is 11.7. The van der Waals surface area contributed by atoms with Gasteiger partial charge in [-0.2, -0.15) is 0 Å². The molecule has 0 radical (unpaired) electrons. The Morgan fingerprint density at radius 2 is 2.04 bits per heavy atom. The maximum atomic E-state index is 11.9. The van der Waals surface area contributed by atoms with Crippen molar-refractivity contribution < 1.29 is 9.53 Å². The number of nitrogens with zero attached hydrogens (tertiary/aromatic N) is 2. The molecule has 1 heterocycles. The van der Waals surface area contributed by atoms with Crippen molar-refractivity contribution in [3.8, 4) is 5.75 Å². The minimum Gasteiger partial charge on any atom is -0.494 e. The monoisotopic (exact) mass is 365 g/mol. The van der Waals surface area contributed by atoms with Crippen molar-refractivity contribution in [3.63, 3.8) is 0 Å². The topological polar surface area (TPSA) is 64.1 Å². The van der Waals surface area contributed by atoms with E-state index >= 15 is 0 Å². The Morgan fingerprint density at radius 3 is 2.75 bits per heavy atom. The lowest BCUT2D eigenvalue weighted by atomic mass is 10.2. The third-order valence-electron chi connectivity index (χ3n) is 3.23. The zero-order valence-corrected chi connectivity index (χ0v) is 15.7. The summed E-state index contributed by atoms with van der Waals surface area (Å²) in [5, 5.41) is 11.4. The summed E-state index contributed by atoms with van der Waals surface area (Å²) in [6.45, 7) is 4.77. The van der Waals surface area contributed by atoms with Crippen LogP contribution in [0.2, 0.25) is 0 Å². The van der Waals surface area contributed by atoms with Crippen molar-refractivity contribution in [2.24, 2.45) is 0 Å². The van der Waals surface area contributed by atoms with Crippen molar-refractivity contribution >= 4 is 34.1 Å². The number of anilines is 1. The van der Waals surface area contributed by atoms with Crippen LogP contribution in [0, 0.1) is 0 Å². The molecule has 2 rings (SSSR count). The number of benzene rings is 1. The molecule has 0 saturated carbocycles. The first kappa shape index (κ1) is 18.7. The third kappa shape index (κ3) is 6.49. The molecule has 2 aromatic rings. The highest BCUT2D eigenvalue weighted by molar-refractivity contribution is 8.01. The van der Waals surface area contributed by atoms with Crippen LogP contribution in [0.4, 0.5) is 5.13 Å². The largest absolute Gasteiger partial charge is 0.494 e. The van der Waals surface area contributed by atoms with Crippen LogP contribution < -0.4 is 10.1 Å². The molecule has 0 atom stereocenters. The quantitative estimate of drug-likeness (QED) is 0.384. The number of amides is 1. The number of hydrogen-bond acceptors (Lipinski definition) is 6. The zero-order valence-electron chi connectivity index (χ0n) is 14.1. The number of thioether (sulfide) groups is 1. The van der Waals surface area contributed by atoms with Crippen LogP contribution in [0.5, 0.6) is 5.75 Å². The van der Waals surface area contributed by atoms with E-state index in [-0.39, 0.29) is 5.91 Å². The number of aromatic nitrogens is 2. The van der Waals surface area contributed by atoms with Crippen LogP contribution >= 0.6 is 23.1 Å². The lowest BCUT2D eigenvalue weighted by molar-refractivity contribution is -0.116. The van der Waals surface area contributed by atoms with E-state index in [1.54, 1.807) is 11.8 Å². The minimum atomic E-state index is -0.0527. The number of hydrogen-bond donors (Lipinski definition) is 1. The van der Waals surface area contributed by atoms with Crippen molar-refractivity contribution in [3.05, 3.63) is 29.8 Å². The van der Waals surface area contributed by atoms with E-state index in [1.807, 2.05) is 12.1 Å². The molecule has 0 fully saturated rings. The Balaban J connectivity index is 1.64. The van der Waals surface area contributed by atoms with E-state index in [4.69, 9.17) is 4.74 Å². The summed E-state index contributed by atoms with van der Waals surface area (Å²) >= 11 is 3.08. The van der Waals surface area contributed by atoms with Crippen molar-refractivity contribution in [1.82, 2.24) is 10.2 Å².